The molecule has 1 aliphatic heterocycles. The minimum absolute atomic E-state index is 0.0296. The first-order valence-corrected chi connectivity index (χ1v) is 11.7. The summed E-state index contributed by atoms with van der Waals surface area (Å²) >= 11 is 0. The Morgan fingerprint density at radius 3 is 2.51 bits per heavy atom. The summed E-state index contributed by atoms with van der Waals surface area (Å²) < 4.78 is 11.0. The molecule has 2 aromatic carbocycles. The third-order valence-corrected chi connectivity index (χ3v) is 6.22. The summed E-state index contributed by atoms with van der Waals surface area (Å²) in [6, 6.07) is 18.9. The van der Waals surface area contributed by atoms with Crippen molar-refractivity contribution in [1.82, 2.24) is 15.1 Å². The fraction of sp³-hybridized carbons (Fsp3) is 0.259. The Morgan fingerprint density at radius 1 is 1.00 bits per heavy atom. The van der Waals surface area contributed by atoms with E-state index >= 15 is 0 Å². The Hall–Kier alpha value is -4.20. The van der Waals surface area contributed by atoms with E-state index in [1.165, 1.54) is 0 Å². The van der Waals surface area contributed by atoms with Crippen LogP contribution in [0.4, 0.5) is 5.82 Å². The van der Waals surface area contributed by atoms with Crippen LogP contribution in [0.15, 0.2) is 69.9 Å². The molecule has 0 saturated carbocycles. The SMILES string of the molecule is CCOc1cccc2cc(C(=O)N3CCN(c4ccc(-c5ccccc5C)nn4)CC3)c(=O)oc12. The first-order valence-electron chi connectivity index (χ1n) is 11.7. The van der Waals surface area contributed by atoms with E-state index in [4.69, 9.17) is 9.15 Å². The maximum Gasteiger partial charge on any atom is 0.349 e. The van der Waals surface area contributed by atoms with Crippen LogP contribution in [-0.4, -0.2) is 53.8 Å². The molecule has 1 saturated heterocycles. The molecule has 0 bridgehead atoms. The van der Waals surface area contributed by atoms with Crippen molar-refractivity contribution in [3.05, 3.63) is 82.2 Å². The minimum atomic E-state index is -0.658. The zero-order chi connectivity index (χ0) is 24.4. The third-order valence-electron chi connectivity index (χ3n) is 6.22. The zero-order valence-corrected chi connectivity index (χ0v) is 19.7. The Bertz CT molecular complexity index is 1420. The maximum atomic E-state index is 13.1. The monoisotopic (exact) mass is 470 g/mol. The quantitative estimate of drug-likeness (QED) is 0.409. The molecule has 3 heterocycles. The van der Waals surface area contributed by atoms with E-state index in [1.54, 1.807) is 23.1 Å². The van der Waals surface area contributed by atoms with Crippen molar-refractivity contribution in [2.45, 2.75) is 13.8 Å². The van der Waals surface area contributed by atoms with E-state index in [0.29, 0.717) is 49.5 Å². The van der Waals surface area contributed by atoms with Gasteiger partial charge in [0.1, 0.15) is 5.56 Å². The summed E-state index contributed by atoms with van der Waals surface area (Å²) in [5.41, 5.74) is 2.76. The second-order valence-corrected chi connectivity index (χ2v) is 8.43. The number of ether oxygens (including phenoxy) is 1. The summed E-state index contributed by atoms with van der Waals surface area (Å²) in [6.07, 6.45) is 0. The molecule has 0 N–H and O–H groups in total. The van der Waals surface area contributed by atoms with Crippen molar-refractivity contribution in [2.24, 2.45) is 0 Å². The summed E-state index contributed by atoms with van der Waals surface area (Å²) in [7, 11) is 0. The summed E-state index contributed by atoms with van der Waals surface area (Å²) in [5, 5.41) is 9.48. The van der Waals surface area contributed by atoms with Crippen LogP contribution in [-0.2, 0) is 0 Å². The number of aromatic nitrogens is 2. The van der Waals surface area contributed by atoms with Gasteiger partial charge in [0.2, 0.25) is 0 Å². The number of hydrogen-bond donors (Lipinski definition) is 0. The molecule has 0 aliphatic carbocycles. The average molecular weight is 471 g/mol. The highest BCUT2D eigenvalue weighted by atomic mass is 16.5. The molecule has 5 rings (SSSR count). The molecule has 4 aromatic rings. The molecule has 8 nitrogen and oxygen atoms in total. The number of carbonyl (C=O) groups excluding carboxylic acids is 1. The van der Waals surface area contributed by atoms with E-state index in [0.717, 1.165) is 22.6 Å². The second-order valence-electron chi connectivity index (χ2n) is 8.43. The molecule has 1 fully saturated rings. The van der Waals surface area contributed by atoms with Crippen LogP contribution in [0.25, 0.3) is 22.2 Å². The number of piperazine rings is 1. The highest BCUT2D eigenvalue weighted by Crippen LogP contribution is 2.26. The average Bonchev–Trinajstić information content (AvgIpc) is 2.89. The Labute approximate surface area is 202 Å². The predicted octanol–water partition coefficient (Wildman–Crippen LogP) is 3.92. The van der Waals surface area contributed by atoms with Crippen LogP contribution in [0.2, 0.25) is 0 Å². The van der Waals surface area contributed by atoms with Gasteiger partial charge in [-0.05, 0) is 43.7 Å². The maximum absolute atomic E-state index is 13.1. The number of anilines is 1. The van der Waals surface area contributed by atoms with Gasteiger partial charge in [-0.15, -0.1) is 10.2 Å². The van der Waals surface area contributed by atoms with Crippen LogP contribution in [0.1, 0.15) is 22.8 Å². The Kier molecular flexibility index (Phi) is 6.18. The number of fused-ring (bicyclic) bond motifs is 1. The van der Waals surface area contributed by atoms with Crippen molar-refractivity contribution in [3.8, 4) is 17.0 Å². The predicted molar refractivity (Wildman–Crippen MR) is 134 cm³/mol. The van der Waals surface area contributed by atoms with Gasteiger partial charge in [0, 0.05) is 37.1 Å². The third kappa shape index (κ3) is 4.47. The summed E-state index contributed by atoms with van der Waals surface area (Å²) in [5.74, 6) is 0.926. The molecule has 35 heavy (non-hydrogen) atoms. The topological polar surface area (TPSA) is 88.8 Å². The van der Waals surface area contributed by atoms with Crippen LogP contribution in [0.5, 0.6) is 5.75 Å². The lowest BCUT2D eigenvalue weighted by molar-refractivity contribution is 0.0742. The van der Waals surface area contributed by atoms with Crippen molar-refractivity contribution in [2.75, 3.05) is 37.7 Å². The lowest BCUT2D eigenvalue weighted by atomic mass is 10.1. The van der Waals surface area contributed by atoms with Crippen LogP contribution in [0, 0.1) is 6.92 Å². The van der Waals surface area contributed by atoms with E-state index < -0.39 is 5.63 Å². The van der Waals surface area contributed by atoms with E-state index in [-0.39, 0.29) is 11.5 Å². The number of benzene rings is 2. The largest absolute Gasteiger partial charge is 0.490 e. The first-order chi connectivity index (χ1) is 17.0. The van der Waals surface area contributed by atoms with Crippen molar-refractivity contribution in [1.29, 1.82) is 0 Å². The molecule has 1 aliphatic rings. The number of hydrogen-bond acceptors (Lipinski definition) is 7. The van der Waals surface area contributed by atoms with Crippen molar-refractivity contribution < 1.29 is 13.9 Å². The normalized spacial score (nSPS) is 13.8. The van der Waals surface area contributed by atoms with E-state index in [9.17, 15) is 9.59 Å². The minimum Gasteiger partial charge on any atom is -0.490 e. The van der Waals surface area contributed by atoms with Gasteiger partial charge in [0.15, 0.2) is 17.2 Å². The fourth-order valence-corrected chi connectivity index (χ4v) is 4.34. The van der Waals surface area contributed by atoms with E-state index in [1.807, 2.05) is 43.3 Å². The molecule has 0 radical (unpaired) electrons. The molecule has 178 valence electrons. The zero-order valence-electron chi connectivity index (χ0n) is 19.7. The molecule has 0 spiro atoms. The summed E-state index contributed by atoms with van der Waals surface area (Å²) in [6.45, 7) is 6.49. The standard InChI is InChI=1S/C27H26N4O4/c1-3-34-23-10-6-8-19-17-21(27(33)35-25(19)23)26(32)31-15-13-30(14-16-31)24-12-11-22(28-29-24)20-9-5-4-7-18(20)2/h4-12,17H,3,13-16H2,1-2H3. The van der Waals surface area contributed by atoms with Gasteiger partial charge in [-0.2, -0.15) is 0 Å². The number of carbonyl (C=O) groups is 1. The molecular weight excluding hydrogens is 444 g/mol. The molecule has 0 unspecified atom stereocenters. The summed E-state index contributed by atoms with van der Waals surface area (Å²) in [4.78, 5) is 29.5. The fourth-order valence-electron chi connectivity index (χ4n) is 4.34. The highest BCUT2D eigenvalue weighted by molar-refractivity contribution is 5.97. The second kappa shape index (κ2) is 9.58. The van der Waals surface area contributed by atoms with Gasteiger partial charge in [0.25, 0.3) is 5.91 Å². The number of nitrogens with zero attached hydrogens (tertiary/aromatic N) is 4. The van der Waals surface area contributed by atoms with Gasteiger partial charge in [0.05, 0.1) is 12.3 Å². The number of amides is 1. The van der Waals surface area contributed by atoms with Crippen molar-refractivity contribution in [3.63, 3.8) is 0 Å². The molecule has 1 amide bonds. The van der Waals surface area contributed by atoms with E-state index in [2.05, 4.69) is 28.1 Å². The lowest BCUT2D eigenvalue weighted by Crippen LogP contribution is -2.49. The smallest absolute Gasteiger partial charge is 0.349 e. The van der Waals surface area contributed by atoms with Gasteiger partial charge in [-0.25, -0.2) is 4.79 Å². The number of para-hydroxylation sites is 1. The van der Waals surface area contributed by atoms with Gasteiger partial charge in [-0.1, -0.05) is 36.4 Å². The first kappa shape index (κ1) is 22.6. The van der Waals surface area contributed by atoms with Gasteiger partial charge in [-0.3, -0.25) is 4.79 Å². The number of aryl methyl sites for hydroxylation is 1. The van der Waals surface area contributed by atoms with Gasteiger partial charge >= 0.3 is 5.63 Å². The van der Waals surface area contributed by atoms with Gasteiger partial charge < -0.3 is 19.0 Å². The van der Waals surface area contributed by atoms with Crippen LogP contribution >= 0.6 is 0 Å². The molecular formula is C27H26N4O4. The van der Waals surface area contributed by atoms with Crippen molar-refractivity contribution >= 4 is 22.7 Å². The molecule has 0 atom stereocenters. The molecule has 2 aromatic heterocycles. The molecule has 8 heteroatoms. The highest BCUT2D eigenvalue weighted by Gasteiger charge is 2.26. The van der Waals surface area contributed by atoms with Crippen LogP contribution < -0.4 is 15.3 Å². The lowest BCUT2D eigenvalue weighted by Gasteiger charge is -2.35. The Balaban J connectivity index is 1.29. The number of rotatable bonds is 5. The Morgan fingerprint density at radius 2 is 1.80 bits per heavy atom. The van der Waals surface area contributed by atoms with Crippen LogP contribution in [0.3, 0.4) is 0 Å².